The van der Waals surface area contributed by atoms with Gasteiger partial charge < -0.3 is 0 Å². The summed E-state index contributed by atoms with van der Waals surface area (Å²) in [6.45, 7) is 8.16. The van der Waals surface area contributed by atoms with Gasteiger partial charge in [0.05, 0.1) is 21.7 Å². The van der Waals surface area contributed by atoms with Crippen LogP contribution in [0.25, 0.3) is 0 Å². The first kappa shape index (κ1) is 30.1. The Balaban J connectivity index is 1.40. The number of benzene rings is 2. The van der Waals surface area contributed by atoms with Gasteiger partial charge in [0, 0.05) is 38.9 Å². The van der Waals surface area contributed by atoms with Crippen LogP contribution < -0.4 is 5.06 Å². The normalized spacial score (nSPS) is 28.9. The van der Waals surface area contributed by atoms with Gasteiger partial charge in [0.15, 0.2) is 11.9 Å². The number of allylic oxidation sites excluding steroid dienone is 1. The zero-order chi connectivity index (χ0) is 31.0. The number of Topliss-reactive ketones (excluding diaryl/α,β-unsaturated/α-hetero) is 1. The molecule has 2 aromatic rings. The number of hydroxylamine groups is 1. The summed E-state index contributed by atoms with van der Waals surface area (Å²) in [5.41, 5.74) is 1.25. The second-order valence-corrected chi connectivity index (χ2v) is 14.8. The van der Waals surface area contributed by atoms with Crippen LogP contribution in [0.2, 0.25) is 10.0 Å². The van der Waals surface area contributed by atoms with Crippen LogP contribution in [-0.2, 0) is 19.2 Å². The van der Waals surface area contributed by atoms with Crippen molar-refractivity contribution in [2.75, 3.05) is 5.06 Å². The summed E-state index contributed by atoms with van der Waals surface area (Å²) in [5.74, 6) is -1.78. The minimum atomic E-state index is -1.21. The van der Waals surface area contributed by atoms with Crippen molar-refractivity contribution in [2.24, 2.45) is 23.2 Å². The molecule has 3 fully saturated rings. The van der Waals surface area contributed by atoms with Crippen LogP contribution in [0.15, 0.2) is 53.1 Å². The van der Waals surface area contributed by atoms with E-state index in [1.807, 2.05) is 0 Å². The minimum Gasteiger partial charge on any atom is -0.295 e. The molecule has 0 aromatic heterocycles. The van der Waals surface area contributed by atoms with E-state index in [1.165, 1.54) is 48.0 Å². The van der Waals surface area contributed by atoms with E-state index in [0.717, 1.165) is 24.2 Å². The number of amides is 2. The number of likely N-dealkylation sites (tertiary alicyclic amines) is 1. The highest BCUT2D eigenvalue weighted by Crippen LogP contribution is 2.57. The van der Waals surface area contributed by atoms with Gasteiger partial charge in [-0.3, -0.25) is 29.3 Å². The third-order valence-corrected chi connectivity index (χ3v) is 11.2. The number of carbonyl (C=O) groups is 3. The Bertz CT molecular complexity index is 1590. The highest BCUT2D eigenvalue weighted by Gasteiger charge is 2.62. The number of rotatable bonds is 5. The van der Waals surface area contributed by atoms with Gasteiger partial charge in [-0.05, 0) is 61.3 Å². The molecule has 0 unspecified atom stereocenters. The molecule has 0 radical (unpaired) electrons. The molecule has 226 valence electrons. The number of non-ortho nitro benzene ring substituents is 1. The van der Waals surface area contributed by atoms with Crippen molar-refractivity contribution < 1.29 is 24.1 Å². The third-order valence-electron chi connectivity index (χ3n) is 9.15. The molecule has 4 aliphatic rings. The maximum Gasteiger partial charge on any atom is 0.271 e. The fourth-order valence-electron chi connectivity index (χ4n) is 6.97. The second kappa shape index (κ2) is 10.9. The molecule has 0 bridgehead atoms. The number of hydrogen-bond acceptors (Lipinski definition) is 8. The number of anilines is 1. The van der Waals surface area contributed by atoms with E-state index in [0.29, 0.717) is 32.8 Å². The highest BCUT2D eigenvalue weighted by molar-refractivity contribution is 8.04. The van der Waals surface area contributed by atoms with Crippen LogP contribution in [0.3, 0.4) is 0 Å². The summed E-state index contributed by atoms with van der Waals surface area (Å²) in [7, 11) is 0. The molecular weight excluding hydrogens is 613 g/mol. The summed E-state index contributed by atoms with van der Waals surface area (Å²) in [4.78, 5) is 59.8. The summed E-state index contributed by atoms with van der Waals surface area (Å²) in [5, 5.41) is 14.0. The molecule has 43 heavy (non-hydrogen) atoms. The second-order valence-electron chi connectivity index (χ2n) is 12.7. The Morgan fingerprint density at radius 2 is 1.84 bits per heavy atom. The first-order valence-corrected chi connectivity index (χ1v) is 15.9. The number of carbonyl (C=O) groups excluding carboxylic acids is 3. The molecule has 6 atom stereocenters. The number of nitro groups is 1. The van der Waals surface area contributed by atoms with Crippen LogP contribution in [-0.4, -0.2) is 38.8 Å². The first-order chi connectivity index (χ1) is 20.3. The van der Waals surface area contributed by atoms with E-state index < -0.39 is 34.8 Å². The largest absolute Gasteiger partial charge is 0.295 e. The monoisotopic (exact) mass is 643 g/mol. The van der Waals surface area contributed by atoms with E-state index in [9.17, 15) is 24.5 Å². The molecule has 0 N–H and O–H groups in total. The molecule has 3 aliphatic heterocycles. The molecule has 1 saturated carbocycles. The molecule has 2 amide bonds. The maximum atomic E-state index is 14.4. The number of thioether (sulfide) groups is 1. The number of ketones is 1. The number of imide groups is 1. The van der Waals surface area contributed by atoms with Crippen LogP contribution in [0.1, 0.15) is 58.6 Å². The molecule has 2 aromatic carbocycles. The third kappa shape index (κ3) is 5.06. The fourth-order valence-corrected chi connectivity index (χ4v) is 9.25. The van der Waals surface area contributed by atoms with E-state index in [2.05, 4.69) is 20.8 Å². The van der Waals surface area contributed by atoms with Gasteiger partial charge in [0.1, 0.15) is 5.92 Å². The van der Waals surface area contributed by atoms with Crippen molar-refractivity contribution >= 4 is 63.9 Å². The van der Waals surface area contributed by atoms with Crippen molar-refractivity contribution in [2.45, 2.75) is 64.4 Å². The first-order valence-electron chi connectivity index (χ1n) is 14.2. The van der Waals surface area contributed by atoms with Crippen molar-refractivity contribution in [1.29, 1.82) is 0 Å². The Morgan fingerprint density at radius 3 is 2.49 bits per heavy atom. The van der Waals surface area contributed by atoms with Gasteiger partial charge in [0.25, 0.3) is 11.6 Å². The van der Waals surface area contributed by atoms with Gasteiger partial charge in [-0.2, -0.15) is 0 Å². The average Bonchev–Trinajstić information content (AvgIpc) is 3.58. The lowest BCUT2D eigenvalue weighted by molar-refractivity contribution is -0.384. The predicted molar refractivity (Wildman–Crippen MR) is 164 cm³/mol. The Morgan fingerprint density at radius 1 is 1.09 bits per heavy atom. The summed E-state index contributed by atoms with van der Waals surface area (Å²) < 4.78 is 0. The van der Waals surface area contributed by atoms with Crippen molar-refractivity contribution in [1.82, 2.24) is 4.90 Å². The van der Waals surface area contributed by atoms with Crippen molar-refractivity contribution in [3.8, 4) is 0 Å². The number of fused-ring (bicyclic) bond motifs is 2. The zero-order valence-corrected chi connectivity index (χ0v) is 26.4. The standard InChI is InChI=1S/C31H31Cl2N3O6S/c1-15(37)24-21-10-8-16(31(2,3)4)12-23(21)43-30(24)34-28(38)25-26(20-11-9-17(32)13-22(20)33)35(42-27(25)29(34)39)18-6-5-7-19(14-18)36(40)41/h5-7,9,11,13-14,16,21,23,25-27H,8,10,12H2,1-4H3/t16-,21-,23-,25+,26-,27-/m1/s1. The Hall–Kier alpha value is -2.92. The molecular formula is C31H31Cl2N3O6S. The minimum absolute atomic E-state index is 0.0269. The number of hydrogen-bond donors (Lipinski definition) is 0. The molecule has 9 nitrogen and oxygen atoms in total. The molecule has 12 heteroatoms. The highest BCUT2D eigenvalue weighted by atomic mass is 35.5. The summed E-state index contributed by atoms with van der Waals surface area (Å²) in [6, 6.07) is 9.72. The Kier molecular flexibility index (Phi) is 7.64. The lowest BCUT2D eigenvalue weighted by Gasteiger charge is -2.39. The fraction of sp³-hybridized carbons (Fsp3) is 0.452. The van der Waals surface area contributed by atoms with Gasteiger partial charge >= 0.3 is 0 Å². The lowest BCUT2D eigenvalue weighted by atomic mass is 9.68. The topological polar surface area (TPSA) is 110 Å². The quantitative estimate of drug-likeness (QED) is 0.192. The SMILES string of the molecule is CC(=O)C1=C(N2C(=O)[C@H]3[C@@H](c4ccc(Cl)cc4Cl)N(c4cccc([N+](=O)[O-])c4)O[C@H]3C2=O)S[C@@H]2C[C@H](C(C)(C)C)CC[C@@H]12. The summed E-state index contributed by atoms with van der Waals surface area (Å²) >= 11 is 14.3. The summed E-state index contributed by atoms with van der Waals surface area (Å²) in [6.07, 6.45) is 1.47. The van der Waals surface area contributed by atoms with Crippen molar-refractivity contribution in [3.63, 3.8) is 0 Å². The van der Waals surface area contributed by atoms with Gasteiger partial charge in [0.2, 0.25) is 5.91 Å². The number of nitro benzene ring substituents is 1. The van der Waals surface area contributed by atoms with E-state index in [1.54, 1.807) is 18.2 Å². The molecule has 2 saturated heterocycles. The average molecular weight is 645 g/mol. The van der Waals surface area contributed by atoms with E-state index in [4.69, 9.17) is 28.0 Å². The maximum absolute atomic E-state index is 14.4. The zero-order valence-electron chi connectivity index (χ0n) is 24.1. The van der Waals surface area contributed by atoms with Crippen LogP contribution >= 0.6 is 35.0 Å². The van der Waals surface area contributed by atoms with E-state index >= 15 is 0 Å². The Labute approximate surface area is 263 Å². The predicted octanol–water partition coefficient (Wildman–Crippen LogP) is 7.13. The van der Waals surface area contributed by atoms with Crippen LogP contribution in [0, 0.1) is 33.3 Å². The molecule has 1 aliphatic carbocycles. The smallest absolute Gasteiger partial charge is 0.271 e. The molecule has 6 rings (SSSR count). The van der Waals surface area contributed by atoms with Gasteiger partial charge in [-0.1, -0.05) is 56.1 Å². The van der Waals surface area contributed by atoms with Crippen LogP contribution in [0.5, 0.6) is 0 Å². The van der Waals surface area contributed by atoms with Gasteiger partial charge in [-0.15, -0.1) is 11.8 Å². The number of nitrogens with zero attached hydrogens (tertiary/aromatic N) is 3. The van der Waals surface area contributed by atoms with Gasteiger partial charge in [-0.25, -0.2) is 9.96 Å². The molecule has 3 heterocycles. The molecule has 0 spiro atoms. The van der Waals surface area contributed by atoms with Crippen molar-refractivity contribution in [3.05, 3.63) is 78.8 Å². The lowest BCUT2D eigenvalue weighted by Crippen LogP contribution is -2.36. The number of halogens is 2. The van der Waals surface area contributed by atoms with Crippen LogP contribution in [0.4, 0.5) is 11.4 Å². The van der Waals surface area contributed by atoms with E-state index in [-0.39, 0.29) is 33.1 Å².